The molecule has 0 bridgehead atoms. The van der Waals surface area contributed by atoms with Crippen molar-refractivity contribution in [1.82, 2.24) is 19.5 Å². The summed E-state index contributed by atoms with van der Waals surface area (Å²) in [6.07, 6.45) is -8.91. The second-order valence-corrected chi connectivity index (χ2v) is 10.0. The first-order valence-corrected chi connectivity index (χ1v) is 13.0. The second-order valence-electron chi connectivity index (χ2n) is 10.0. The maximum Gasteiger partial charge on any atom is 0.451 e. The van der Waals surface area contributed by atoms with Crippen LogP contribution in [-0.4, -0.2) is 61.0 Å². The lowest BCUT2D eigenvalue weighted by atomic mass is 9.98. The van der Waals surface area contributed by atoms with E-state index in [4.69, 9.17) is 9.47 Å². The fraction of sp³-hybridized carbons (Fsp3) is 0.321. The number of halogens is 4. The van der Waals surface area contributed by atoms with Crippen LogP contribution in [0.4, 0.5) is 23.4 Å². The van der Waals surface area contributed by atoms with Crippen LogP contribution in [0.1, 0.15) is 51.2 Å². The Morgan fingerprint density at radius 1 is 1.07 bits per heavy atom. The number of carboxylic acid groups (broad SMARTS) is 1. The molecule has 0 radical (unpaired) electrons. The molecule has 3 heterocycles. The number of hydrogen-bond donors (Lipinski definition) is 2. The summed E-state index contributed by atoms with van der Waals surface area (Å²) in [6.45, 7) is 0. The minimum atomic E-state index is -4.90. The number of hydrogen-bond acceptors (Lipinski definition) is 8. The number of esters is 1. The number of ether oxygens (including phenoxy) is 2. The lowest BCUT2D eigenvalue weighted by molar-refractivity contribution is -0.144. The number of carboxylic acids is 1. The van der Waals surface area contributed by atoms with Crippen molar-refractivity contribution in [3.05, 3.63) is 83.4 Å². The van der Waals surface area contributed by atoms with Crippen molar-refractivity contribution in [1.29, 1.82) is 0 Å². The number of anilines is 1. The number of nitrogens with one attached hydrogen (secondary N) is 1. The van der Waals surface area contributed by atoms with E-state index in [9.17, 15) is 27.9 Å². The van der Waals surface area contributed by atoms with Crippen LogP contribution in [0.5, 0.6) is 0 Å². The summed E-state index contributed by atoms with van der Waals surface area (Å²) >= 11 is 0. The molecule has 4 aromatic rings. The van der Waals surface area contributed by atoms with Crippen molar-refractivity contribution >= 4 is 28.9 Å². The first-order chi connectivity index (χ1) is 20.1. The summed E-state index contributed by atoms with van der Waals surface area (Å²) in [5.74, 6) is -3.65. The zero-order valence-electron chi connectivity index (χ0n) is 21.7. The summed E-state index contributed by atoms with van der Waals surface area (Å²) in [5.41, 5.74) is 0.0385. The first-order valence-electron chi connectivity index (χ1n) is 13.0. The van der Waals surface area contributed by atoms with E-state index in [0.29, 0.717) is 0 Å². The van der Waals surface area contributed by atoms with Gasteiger partial charge in [-0.25, -0.2) is 28.9 Å². The fourth-order valence-corrected chi connectivity index (χ4v) is 4.86. The Morgan fingerprint density at radius 3 is 2.48 bits per heavy atom. The highest BCUT2D eigenvalue weighted by Gasteiger charge is 2.50. The van der Waals surface area contributed by atoms with Gasteiger partial charge in [-0.15, -0.1) is 0 Å². The fourth-order valence-electron chi connectivity index (χ4n) is 4.86. The van der Waals surface area contributed by atoms with Crippen molar-refractivity contribution in [3.8, 4) is 0 Å². The van der Waals surface area contributed by atoms with Crippen LogP contribution in [0.2, 0.25) is 0 Å². The smallest absolute Gasteiger partial charge is 0.451 e. The van der Waals surface area contributed by atoms with Crippen molar-refractivity contribution in [2.75, 3.05) is 5.32 Å². The molecule has 1 aliphatic carbocycles. The Balaban J connectivity index is 1.39. The normalized spacial score (nSPS) is 22.3. The highest BCUT2D eigenvalue weighted by atomic mass is 19.4. The molecule has 1 saturated carbocycles. The average Bonchev–Trinajstić information content (AvgIpc) is 3.60. The molecule has 0 spiro atoms. The van der Waals surface area contributed by atoms with Crippen LogP contribution in [0.3, 0.4) is 0 Å². The van der Waals surface area contributed by atoms with Gasteiger partial charge < -0.3 is 19.9 Å². The van der Waals surface area contributed by atoms with Gasteiger partial charge in [0, 0.05) is 12.5 Å². The van der Waals surface area contributed by atoms with Crippen molar-refractivity contribution < 1.29 is 41.7 Å². The van der Waals surface area contributed by atoms with Crippen LogP contribution in [-0.2, 0) is 22.1 Å². The Morgan fingerprint density at radius 2 is 1.79 bits per heavy atom. The number of carbonyl (C=O) groups excluding carboxylic acids is 1. The standard InChI is InChI=1S/C28H23F4N5O5/c29-19-21(42-26(40)14-6-2-1-3-7-14)18(12-15-8-4-5-9-17(15)25(38)39)41-24(19)37-13-33-20-22(34-16-10-11-16)35-27(28(30,31)32)36-23(20)37/h1-9,13,16,18-19,21,24H,10-12H2,(H,38,39)(H,34,35,36)/t18-,19+,21-,24-/m1/s1. The lowest BCUT2D eigenvalue weighted by Crippen LogP contribution is -2.35. The molecule has 42 heavy (non-hydrogen) atoms. The molecule has 2 aromatic carbocycles. The minimum absolute atomic E-state index is 0.0109. The van der Waals surface area contributed by atoms with E-state index in [1.165, 1.54) is 30.3 Å². The van der Waals surface area contributed by atoms with Crippen LogP contribution in [0.15, 0.2) is 60.9 Å². The summed E-state index contributed by atoms with van der Waals surface area (Å²) in [6, 6.07) is 13.8. The van der Waals surface area contributed by atoms with Crippen LogP contribution in [0.25, 0.3) is 11.2 Å². The van der Waals surface area contributed by atoms with Gasteiger partial charge in [-0.2, -0.15) is 13.2 Å². The number of benzene rings is 2. The van der Waals surface area contributed by atoms with Gasteiger partial charge in [0.05, 0.1) is 17.5 Å². The van der Waals surface area contributed by atoms with E-state index in [0.717, 1.165) is 23.7 Å². The number of rotatable bonds is 8. The molecule has 14 heteroatoms. The van der Waals surface area contributed by atoms with Gasteiger partial charge in [-0.3, -0.25) is 4.57 Å². The van der Waals surface area contributed by atoms with Gasteiger partial charge in [0.15, 0.2) is 35.5 Å². The molecule has 0 amide bonds. The molecule has 1 aliphatic heterocycles. The summed E-state index contributed by atoms with van der Waals surface area (Å²) in [7, 11) is 0. The maximum absolute atomic E-state index is 16.2. The Kier molecular flexibility index (Phi) is 7.01. The number of aromatic carboxylic acids is 1. The van der Waals surface area contributed by atoms with Gasteiger partial charge >= 0.3 is 18.1 Å². The van der Waals surface area contributed by atoms with E-state index in [1.807, 2.05) is 0 Å². The topological polar surface area (TPSA) is 128 Å². The Bertz CT molecular complexity index is 1640. The van der Waals surface area contributed by atoms with E-state index in [-0.39, 0.29) is 46.1 Å². The average molecular weight is 586 g/mol. The minimum Gasteiger partial charge on any atom is -0.478 e. The Labute approximate surface area is 235 Å². The third kappa shape index (κ3) is 5.36. The van der Waals surface area contributed by atoms with Crippen molar-refractivity contribution in [2.24, 2.45) is 0 Å². The number of imidazole rings is 1. The third-order valence-electron chi connectivity index (χ3n) is 7.06. The number of carbonyl (C=O) groups is 2. The number of nitrogens with zero attached hydrogens (tertiary/aromatic N) is 4. The van der Waals surface area contributed by atoms with Crippen LogP contribution in [0, 0.1) is 0 Å². The maximum atomic E-state index is 16.2. The largest absolute Gasteiger partial charge is 0.478 e. The van der Waals surface area contributed by atoms with E-state index >= 15 is 4.39 Å². The van der Waals surface area contributed by atoms with Crippen molar-refractivity contribution in [3.63, 3.8) is 0 Å². The van der Waals surface area contributed by atoms with E-state index < -0.39 is 48.5 Å². The molecular formula is C28H23F4N5O5. The number of aromatic nitrogens is 4. The molecular weight excluding hydrogens is 562 g/mol. The highest BCUT2D eigenvalue weighted by Crippen LogP contribution is 2.39. The molecule has 2 fully saturated rings. The highest BCUT2D eigenvalue weighted by molar-refractivity contribution is 5.90. The summed E-state index contributed by atoms with van der Waals surface area (Å²) in [5, 5.41) is 12.5. The SMILES string of the molecule is O=C(O[C@H]1[C@H](F)[C@H](n2cnc3c(NC4CC4)nc(C(F)(F)F)nc32)O[C@@H]1Cc1ccccc1C(=O)O)c1ccccc1. The molecule has 2 N–H and O–H groups in total. The number of fused-ring (bicyclic) bond motifs is 1. The quantitative estimate of drug-likeness (QED) is 0.221. The third-order valence-corrected chi connectivity index (χ3v) is 7.06. The molecule has 1 saturated heterocycles. The molecule has 218 valence electrons. The molecule has 2 aliphatic rings. The lowest BCUT2D eigenvalue weighted by Gasteiger charge is -2.20. The molecule has 10 nitrogen and oxygen atoms in total. The van der Waals surface area contributed by atoms with Gasteiger partial charge in [0.2, 0.25) is 5.82 Å². The van der Waals surface area contributed by atoms with Gasteiger partial charge in [0.25, 0.3) is 0 Å². The van der Waals surface area contributed by atoms with Gasteiger partial charge in [-0.1, -0.05) is 36.4 Å². The predicted octanol–water partition coefficient (Wildman–Crippen LogP) is 4.82. The first kappa shape index (κ1) is 27.6. The second kappa shape index (κ2) is 10.7. The monoisotopic (exact) mass is 585 g/mol. The molecule has 6 rings (SSSR count). The van der Waals surface area contributed by atoms with Crippen LogP contribution >= 0.6 is 0 Å². The molecule has 2 aromatic heterocycles. The van der Waals surface area contributed by atoms with E-state index in [2.05, 4.69) is 20.3 Å². The number of alkyl halides is 4. The summed E-state index contributed by atoms with van der Waals surface area (Å²) in [4.78, 5) is 36.1. The molecule has 0 unspecified atom stereocenters. The van der Waals surface area contributed by atoms with Crippen LogP contribution < -0.4 is 5.32 Å². The zero-order chi connectivity index (χ0) is 29.6. The Hall–Kier alpha value is -4.59. The zero-order valence-corrected chi connectivity index (χ0v) is 21.7. The van der Waals surface area contributed by atoms with E-state index in [1.54, 1.807) is 24.3 Å². The summed E-state index contributed by atoms with van der Waals surface area (Å²) < 4.78 is 70.0. The van der Waals surface area contributed by atoms with Gasteiger partial charge in [0.1, 0.15) is 6.10 Å². The molecule has 4 atom stereocenters. The van der Waals surface area contributed by atoms with Crippen molar-refractivity contribution in [2.45, 2.75) is 56.1 Å². The van der Waals surface area contributed by atoms with Gasteiger partial charge in [-0.05, 0) is 36.6 Å². The predicted molar refractivity (Wildman–Crippen MR) is 139 cm³/mol.